The Kier molecular flexibility index (Phi) is 3.55. The van der Waals surface area contributed by atoms with Gasteiger partial charge in [-0.25, -0.2) is 4.79 Å². The molecule has 1 aromatic carbocycles. The smallest absolute Gasteiger partial charge is 0.342 e. The van der Waals surface area contributed by atoms with Crippen molar-refractivity contribution >= 4 is 22.6 Å². The number of anilines is 1. The third kappa shape index (κ3) is 2.19. The maximum absolute atomic E-state index is 11.9. The molecule has 5 nitrogen and oxygen atoms in total. The Labute approximate surface area is 111 Å². The van der Waals surface area contributed by atoms with E-state index in [9.17, 15) is 4.79 Å². The highest BCUT2D eigenvalue weighted by atomic mass is 16.5. The van der Waals surface area contributed by atoms with E-state index in [2.05, 4.69) is 4.98 Å². The van der Waals surface area contributed by atoms with Crippen molar-refractivity contribution in [2.75, 3.05) is 19.5 Å². The average molecular weight is 260 g/mol. The van der Waals surface area contributed by atoms with Gasteiger partial charge in [-0.05, 0) is 26.0 Å². The van der Waals surface area contributed by atoms with Gasteiger partial charge in [0, 0.05) is 0 Å². The van der Waals surface area contributed by atoms with Crippen LogP contribution < -0.4 is 10.5 Å². The maximum atomic E-state index is 11.9. The predicted octanol–water partition coefficient (Wildman–Crippen LogP) is 2.31. The summed E-state index contributed by atoms with van der Waals surface area (Å²) in [6.07, 6.45) is 0. The summed E-state index contributed by atoms with van der Waals surface area (Å²) in [7, 11) is 1.55. The molecule has 2 aromatic rings. The number of benzene rings is 1. The molecule has 0 aliphatic heterocycles. The number of nitrogens with two attached hydrogens (primary N) is 1. The quantitative estimate of drug-likeness (QED) is 0.857. The number of fused-ring (bicyclic) bond motifs is 1. The lowest BCUT2D eigenvalue weighted by Crippen LogP contribution is -2.12. The molecule has 0 radical (unpaired) electrons. The third-order valence-corrected chi connectivity index (χ3v) is 2.89. The molecule has 100 valence electrons. The van der Waals surface area contributed by atoms with Crippen LogP contribution in [0.5, 0.6) is 5.75 Å². The van der Waals surface area contributed by atoms with Crippen LogP contribution in [-0.2, 0) is 4.74 Å². The van der Waals surface area contributed by atoms with Gasteiger partial charge in [0.2, 0.25) is 0 Å². The molecule has 1 heterocycles. The van der Waals surface area contributed by atoms with Gasteiger partial charge in [0.25, 0.3) is 0 Å². The second-order valence-electron chi connectivity index (χ2n) is 4.06. The lowest BCUT2D eigenvalue weighted by molar-refractivity contribution is 0.0526. The van der Waals surface area contributed by atoms with Gasteiger partial charge in [-0.2, -0.15) is 0 Å². The summed E-state index contributed by atoms with van der Waals surface area (Å²) in [5, 5.41) is 0.638. The van der Waals surface area contributed by atoms with Crippen molar-refractivity contribution < 1.29 is 14.3 Å². The molecule has 0 amide bonds. The normalized spacial score (nSPS) is 10.5. The van der Waals surface area contributed by atoms with E-state index in [1.807, 2.05) is 12.1 Å². The van der Waals surface area contributed by atoms with Crippen LogP contribution in [0.2, 0.25) is 0 Å². The number of ether oxygens (including phenoxy) is 2. The third-order valence-electron chi connectivity index (χ3n) is 2.89. The molecule has 0 aliphatic rings. The van der Waals surface area contributed by atoms with Gasteiger partial charge in [0.1, 0.15) is 11.3 Å². The van der Waals surface area contributed by atoms with Crippen LogP contribution in [0.4, 0.5) is 5.69 Å². The Morgan fingerprint density at radius 2 is 2.16 bits per heavy atom. The second-order valence-corrected chi connectivity index (χ2v) is 4.06. The first-order valence-electron chi connectivity index (χ1n) is 6.00. The number of nitrogens with zero attached hydrogens (tertiary/aromatic N) is 1. The Bertz CT molecular complexity index is 638. The second kappa shape index (κ2) is 5.14. The van der Waals surface area contributed by atoms with Gasteiger partial charge in [-0.3, -0.25) is 4.98 Å². The predicted molar refractivity (Wildman–Crippen MR) is 73.4 cm³/mol. The highest BCUT2D eigenvalue weighted by Gasteiger charge is 2.20. The minimum Gasteiger partial charge on any atom is -0.496 e. The van der Waals surface area contributed by atoms with E-state index in [1.165, 1.54) is 0 Å². The van der Waals surface area contributed by atoms with Crippen molar-refractivity contribution in [2.45, 2.75) is 13.8 Å². The minimum atomic E-state index is -0.460. The first-order chi connectivity index (χ1) is 9.10. The zero-order valence-electron chi connectivity index (χ0n) is 11.2. The SMILES string of the molecule is CCOC(=O)c1c(C)nc2cccc(OC)c2c1N. The fourth-order valence-corrected chi connectivity index (χ4v) is 2.07. The van der Waals surface area contributed by atoms with Crippen LogP contribution in [0.15, 0.2) is 18.2 Å². The molecule has 0 fully saturated rings. The van der Waals surface area contributed by atoms with Gasteiger partial charge in [-0.1, -0.05) is 6.07 Å². The standard InChI is InChI=1S/C14H16N2O3/c1-4-19-14(17)11-8(2)16-9-6-5-7-10(18-3)12(9)13(11)15/h5-7H,4H2,1-3H3,(H2,15,16). The van der Waals surface area contributed by atoms with Crippen molar-refractivity contribution in [3.8, 4) is 5.75 Å². The number of aryl methyl sites for hydroxylation is 1. The van der Waals surface area contributed by atoms with Crippen LogP contribution in [0.25, 0.3) is 10.9 Å². The van der Waals surface area contributed by atoms with Crippen molar-refractivity contribution in [1.29, 1.82) is 0 Å². The largest absolute Gasteiger partial charge is 0.496 e. The Hall–Kier alpha value is -2.30. The number of aromatic nitrogens is 1. The molecule has 0 saturated carbocycles. The molecule has 1 aromatic heterocycles. The summed E-state index contributed by atoms with van der Waals surface area (Å²) in [4.78, 5) is 16.3. The number of esters is 1. The number of rotatable bonds is 3. The molecule has 0 saturated heterocycles. The molecule has 5 heteroatoms. The van der Waals surface area contributed by atoms with Crippen LogP contribution in [0.1, 0.15) is 23.0 Å². The maximum Gasteiger partial charge on any atom is 0.342 e. The molecule has 0 aliphatic carbocycles. The number of hydrogen-bond acceptors (Lipinski definition) is 5. The van der Waals surface area contributed by atoms with E-state index < -0.39 is 5.97 Å². The number of carbonyl (C=O) groups excluding carboxylic acids is 1. The molecule has 0 atom stereocenters. The highest BCUT2D eigenvalue weighted by Crippen LogP contribution is 2.33. The number of pyridine rings is 1. The monoisotopic (exact) mass is 260 g/mol. The topological polar surface area (TPSA) is 74.4 Å². The number of carbonyl (C=O) groups is 1. The van der Waals surface area contributed by atoms with Crippen LogP contribution in [0.3, 0.4) is 0 Å². The van der Waals surface area contributed by atoms with Gasteiger partial charge in [-0.15, -0.1) is 0 Å². The van der Waals surface area contributed by atoms with Gasteiger partial charge < -0.3 is 15.2 Å². The summed E-state index contributed by atoms with van der Waals surface area (Å²) < 4.78 is 10.3. The molecule has 0 unspecified atom stereocenters. The highest BCUT2D eigenvalue weighted by molar-refractivity contribution is 6.07. The summed E-state index contributed by atoms with van der Waals surface area (Å²) >= 11 is 0. The van der Waals surface area contributed by atoms with E-state index in [1.54, 1.807) is 27.0 Å². The molecule has 2 N–H and O–H groups in total. The van der Waals surface area contributed by atoms with E-state index in [0.29, 0.717) is 40.2 Å². The molecule has 19 heavy (non-hydrogen) atoms. The number of hydrogen-bond donors (Lipinski definition) is 1. The van der Waals surface area contributed by atoms with Crippen LogP contribution in [0, 0.1) is 6.92 Å². The van der Waals surface area contributed by atoms with Crippen LogP contribution >= 0.6 is 0 Å². The minimum absolute atomic E-state index is 0.293. The van der Waals surface area contributed by atoms with Crippen molar-refractivity contribution in [3.05, 3.63) is 29.5 Å². The Balaban J connectivity index is 2.76. The molecule has 0 bridgehead atoms. The Morgan fingerprint density at radius 3 is 2.79 bits per heavy atom. The van der Waals surface area contributed by atoms with Crippen molar-refractivity contribution in [3.63, 3.8) is 0 Å². The zero-order chi connectivity index (χ0) is 14.0. The zero-order valence-corrected chi connectivity index (χ0v) is 11.2. The molecule has 0 spiro atoms. The summed E-state index contributed by atoms with van der Waals surface area (Å²) in [6.45, 7) is 3.78. The first-order valence-corrected chi connectivity index (χ1v) is 6.00. The number of methoxy groups -OCH3 is 1. The van der Waals surface area contributed by atoms with E-state index in [4.69, 9.17) is 15.2 Å². The Morgan fingerprint density at radius 1 is 1.42 bits per heavy atom. The van der Waals surface area contributed by atoms with Gasteiger partial charge in [0.15, 0.2) is 0 Å². The lowest BCUT2D eigenvalue weighted by Gasteiger charge is -2.13. The van der Waals surface area contributed by atoms with E-state index >= 15 is 0 Å². The average Bonchev–Trinajstić information content (AvgIpc) is 2.38. The summed E-state index contributed by atoms with van der Waals surface area (Å²) in [5.74, 6) is 0.130. The van der Waals surface area contributed by atoms with E-state index in [0.717, 1.165) is 0 Å². The fourth-order valence-electron chi connectivity index (χ4n) is 2.07. The molecular formula is C14H16N2O3. The van der Waals surface area contributed by atoms with Gasteiger partial charge in [0.05, 0.1) is 36.0 Å². The first kappa shape index (κ1) is 13.1. The van der Waals surface area contributed by atoms with Crippen LogP contribution in [-0.4, -0.2) is 24.7 Å². The van der Waals surface area contributed by atoms with Crippen molar-refractivity contribution in [2.24, 2.45) is 0 Å². The fraction of sp³-hybridized carbons (Fsp3) is 0.286. The molecular weight excluding hydrogens is 244 g/mol. The lowest BCUT2D eigenvalue weighted by atomic mass is 10.1. The summed E-state index contributed by atoms with van der Waals surface area (Å²) in [6, 6.07) is 5.44. The van der Waals surface area contributed by atoms with E-state index in [-0.39, 0.29) is 0 Å². The molecule has 2 rings (SSSR count). The summed E-state index contributed by atoms with van der Waals surface area (Å²) in [5.41, 5.74) is 8.01. The van der Waals surface area contributed by atoms with Gasteiger partial charge >= 0.3 is 5.97 Å². The van der Waals surface area contributed by atoms with Crippen molar-refractivity contribution in [1.82, 2.24) is 4.98 Å². The number of nitrogen functional groups attached to an aromatic ring is 1.